The molecule has 0 amide bonds. The predicted molar refractivity (Wildman–Crippen MR) is 66.2 cm³/mol. The molecule has 1 unspecified atom stereocenters. The van der Waals surface area contributed by atoms with E-state index in [4.69, 9.17) is 0 Å². The van der Waals surface area contributed by atoms with Gasteiger partial charge in [0.05, 0.1) is 0 Å². The molecule has 0 aromatic carbocycles. The molecule has 0 spiro atoms. The van der Waals surface area contributed by atoms with Gasteiger partial charge in [0.1, 0.15) is 0 Å². The summed E-state index contributed by atoms with van der Waals surface area (Å²) in [4.78, 5) is 1.45. The Balaban J connectivity index is 1.74. The zero-order chi connectivity index (χ0) is 9.80. The minimum atomic E-state index is 0.528. The standard InChI is InChI=1S/C11H17NS2/c1-9(11-3-2-5-14-11)12-7-10-4-6-13-8-10/h2-3,5,9-10,12H,4,6-8H2,1H3/t9-,10?/m0/s1. The lowest BCUT2D eigenvalue weighted by molar-refractivity contribution is 0.481. The summed E-state index contributed by atoms with van der Waals surface area (Å²) >= 11 is 3.94. The monoisotopic (exact) mass is 227 g/mol. The van der Waals surface area contributed by atoms with Crippen molar-refractivity contribution in [1.82, 2.24) is 5.32 Å². The smallest absolute Gasteiger partial charge is 0.0386 e. The van der Waals surface area contributed by atoms with Gasteiger partial charge in [-0.3, -0.25) is 0 Å². The van der Waals surface area contributed by atoms with Gasteiger partial charge in [-0.05, 0) is 48.8 Å². The fourth-order valence-electron chi connectivity index (χ4n) is 1.73. The first kappa shape index (κ1) is 10.5. The van der Waals surface area contributed by atoms with Crippen molar-refractivity contribution in [2.24, 2.45) is 5.92 Å². The molecular weight excluding hydrogens is 210 g/mol. The van der Waals surface area contributed by atoms with Crippen LogP contribution in [-0.4, -0.2) is 18.1 Å². The number of nitrogens with one attached hydrogen (secondary N) is 1. The van der Waals surface area contributed by atoms with Crippen molar-refractivity contribution in [1.29, 1.82) is 0 Å². The fraction of sp³-hybridized carbons (Fsp3) is 0.636. The van der Waals surface area contributed by atoms with Crippen LogP contribution in [0.25, 0.3) is 0 Å². The molecule has 2 rings (SSSR count). The molecule has 1 aliphatic heterocycles. The maximum Gasteiger partial charge on any atom is 0.0386 e. The van der Waals surface area contributed by atoms with E-state index in [2.05, 4.69) is 41.5 Å². The van der Waals surface area contributed by atoms with Gasteiger partial charge in [0.2, 0.25) is 0 Å². The number of thioether (sulfide) groups is 1. The van der Waals surface area contributed by atoms with Gasteiger partial charge in [0.15, 0.2) is 0 Å². The van der Waals surface area contributed by atoms with E-state index in [1.807, 2.05) is 11.3 Å². The van der Waals surface area contributed by atoms with Crippen LogP contribution in [0.4, 0.5) is 0 Å². The minimum absolute atomic E-state index is 0.528. The van der Waals surface area contributed by atoms with E-state index in [0.29, 0.717) is 6.04 Å². The van der Waals surface area contributed by atoms with E-state index in [1.54, 1.807) is 0 Å². The lowest BCUT2D eigenvalue weighted by atomic mass is 10.1. The Kier molecular flexibility index (Phi) is 3.90. The highest BCUT2D eigenvalue weighted by Gasteiger charge is 2.16. The third kappa shape index (κ3) is 2.75. The normalized spacial score (nSPS) is 23.9. The number of hydrogen-bond donors (Lipinski definition) is 1. The molecule has 1 aromatic rings. The first-order valence-corrected chi connectivity index (χ1v) is 7.24. The third-order valence-corrected chi connectivity index (χ3v) is 4.99. The highest BCUT2D eigenvalue weighted by atomic mass is 32.2. The number of hydrogen-bond acceptors (Lipinski definition) is 3. The zero-order valence-electron chi connectivity index (χ0n) is 8.53. The predicted octanol–water partition coefficient (Wildman–Crippen LogP) is 3.15. The molecule has 1 N–H and O–H groups in total. The molecule has 1 aliphatic rings. The third-order valence-electron chi connectivity index (χ3n) is 2.71. The first-order valence-electron chi connectivity index (χ1n) is 5.21. The van der Waals surface area contributed by atoms with Crippen LogP contribution >= 0.6 is 23.1 Å². The van der Waals surface area contributed by atoms with Gasteiger partial charge in [-0.1, -0.05) is 6.07 Å². The highest BCUT2D eigenvalue weighted by Crippen LogP contribution is 2.24. The largest absolute Gasteiger partial charge is 0.309 e. The van der Waals surface area contributed by atoms with Crippen LogP contribution in [0, 0.1) is 5.92 Å². The molecule has 3 heteroatoms. The Morgan fingerprint density at radius 2 is 2.57 bits per heavy atom. The summed E-state index contributed by atoms with van der Waals surface area (Å²) in [6, 6.07) is 4.87. The lowest BCUT2D eigenvalue weighted by Gasteiger charge is -2.15. The summed E-state index contributed by atoms with van der Waals surface area (Å²) in [5, 5.41) is 5.78. The van der Waals surface area contributed by atoms with Crippen LogP contribution < -0.4 is 5.32 Å². The maximum absolute atomic E-state index is 3.62. The molecule has 0 radical (unpaired) electrons. The topological polar surface area (TPSA) is 12.0 Å². The lowest BCUT2D eigenvalue weighted by Crippen LogP contribution is -2.25. The SMILES string of the molecule is C[C@H](NCC1CCSC1)c1cccs1. The van der Waals surface area contributed by atoms with Gasteiger partial charge >= 0.3 is 0 Å². The zero-order valence-corrected chi connectivity index (χ0v) is 10.2. The molecule has 0 saturated carbocycles. The van der Waals surface area contributed by atoms with Crippen molar-refractivity contribution in [3.05, 3.63) is 22.4 Å². The van der Waals surface area contributed by atoms with E-state index in [-0.39, 0.29) is 0 Å². The van der Waals surface area contributed by atoms with E-state index in [0.717, 1.165) is 5.92 Å². The quantitative estimate of drug-likeness (QED) is 0.848. The van der Waals surface area contributed by atoms with E-state index >= 15 is 0 Å². The average Bonchev–Trinajstić information content (AvgIpc) is 2.87. The average molecular weight is 227 g/mol. The second-order valence-electron chi connectivity index (χ2n) is 3.87. The summed E-state index contributed by atoms with van der Waals surface area (Å²) in [7, 11) is 0. The number of rotatable bonds is 4. The summed E-state index contributed by atoms with van der Waals surface area (Å²) in [5.74, 6) is 3.62. The highest BCUT2D eigenvalue weighted by molar-refractivity contribution is 7.99. The second-order valence-corrected chi connectivity index (χ2v) is 6.00. The molecular formula is C11H17NS2. The van der Waals surface area contributed by atoms with Gasteiger partial charge < -0.3 is 5.32 Å². The number of thiophene rings is 1. The van der Waals surface area contributed by atoms with Crippen LogP contribution in [0.5, 0.6) is 0 Å². The summed E-state index contributed by atoms with van der Waals surface area (Å²) < 4.78 is 0. The molecule has 2 atom stereocenters. The first-order chi connectivity index (χ1) is 6.86. The van der Waals surface area contributed by atoms with Gasteiger partial charge in [0, 0.05) is 10.9 Å². The van der Waals surface area contributed by atoms with Crippen molar-refractivity contribution in [2.75, 3.05) is 18.1 Å². The Hall–Kier alpha value is 0.01000. The molecule has 1 fully saturated rings. The van der Waals surface area contributed by atoms with Crippen LogP contribution in [0.1, 0.15) is 24.3 Å². The van der Waals surface area contributed by atoms with Gasteiger partial charge in [-0.2, -0.15) is 11.8 Å². The molecule has 78 valence electrons. The molecule has 1 saturated heterocycles. The second kappa shape index (κ2) is 5.19. The van der Waals surface area contributed by atoms with Crippen LogP contribution in [0.15, 0.2) is 17.5 Å². The van der Waals surface area contributed by atoms with Crippen LogP contribution in [0.2, 0.25) is 0 Å². The summed E-state index contributed by atoms with van der Waals surface area (Å²) in [6.45, 7) is 3.44. The Bertz CT molecular complexity index is 252. The summed E-state index contributed by atoms with van der Waals surface area (Å²) in [6.07, 6.45) is 1.40. The van der Waals surface area contributed by atoms with Crippen molar-refractivity contribution < 1.29 is 0 Å². The molecule has 2 heterocycles. The van der Waals surface area contributed by atoms with Crippen LogP contribution in [0.3, 0.4) is 0 Å². The van der Waals surface area contributed by atoms with Gasteiger partial charge in [0.25, 0.3) is 0 Å². The fourth-order valence-corrected chi connectivity index (χ4v) is 3.77. The van der Waals surface area contributed by atoms with E-state index in [9.17, 15) is 0 Å². The molecule has 0 bridgehead atoms. The molecule has 14 heavy (non-hydrogen) atoms. The van der Waals surface area contributed by atoms with Crippen molar-refractivity contribution >= 4 is 23.1 Å². The summed E-state index contributed by atoms with van der Waals surface area (Å²) in [5.41, 5.74) is 0. The molecule has 1 nitrogen and oxygen atoms in total. The van der Waals surface area contributed by atoms with Crippen molar-refractivity contribution in [3.63, 3.8) is 0 Å². The molecule has 0 aliphatic carbocycles. The Morgan fingerprint density at radius 3 is 3.21 bits per heavy atom. The maximum atomic E-state index is 3.62. The van der Waals surface area contributed by atoms with Crippen molar-refractivity contribution in [3.8, 4) is 0 Å². The Labute approximate surface area is 94.3 Å². The van der Waals surface area contributed by atoms with Gasteiger partial charge in [-0.15, -0.1) is 11.3 Å². The minimum Gasteiger partial charge on any atom is -0.309 e. The van der Waals surface area contributed by atoms with E-state index in [1.165, 1.54) is 29.3 Å². The Morgan fingerprint density at radius 1 is 1.64 bits per heavy atom. The van der Waals surface area contributed by atoms with Gasteiger partial charge in [-0.25, -0.2) is 0 Å². The van der Waals surface area contributed by atoms with Crippen molar-refractivity contribution in [2.45, 2.75) is 19.4 Å². The van der Waals surface area contributed by atoms with E-state index < -0.39 is 0 Å². The van der Waals surface area contributed by atoms with Crippen LogP contribution in [-0.2, 0) is 0 Å². The molecule has 1 aromatic heterocycles.